The van der Waals surface area contributed by atoms with Crippen molar-refractivity contribution in [3.8, 4) is 0 Å². The highest BCUT2D eigenvalue weighted by molar-refractivity contribution is 6.49. The molecule has 0 fully saturated rings. The summed E-state index contributed by atoms with van der Waals surface area (Å²) in [6, 6.07) is 42.6. The van der Waals surface area contributed by atoms with Crippen LogP contribution in [0.4, 0.5) is 0 Å². The zero-order valence-electron chi connectivity index (χ0n) is 24.7. The summed E-state index contributed by atoms with van der Waals surface area (Å²) in [5.74, 6) is -0.293. The van der Waals surface area contributed by atoms with E-state index in [1.807, 2.05) is 12.2 Å². The Morgan fingerprint density at radius 1 is 0.304 bits per heavy atom. The van der Waals surface area contributed by atoms with Crippen molar-refractivity contribution in [3.05, 3.63) is 156 Å². The van der Waals surface area contributed by atoms with E-state index in [1.165, 1.54) is 32.3 Å². The number of rotatable bonds is 0. The summed E-state index contributed by atoms with van der Waals surface area (Å²) in [6.07, 6.45) is 7.00. The van der Waals surface area contributed by atoms with Gasteiger partial charge in [-0.3, -0.25) is 9.59 Å². The Hall–Kier alpha value is -6.12. The van der Waals surface area contributed by atoms with Crippen molar-refractivity contribution in [3.63, 3.8) is 0 Å². The third-order valence-electron chi connectivity index (χ3n) is 9.90. The van der Waals surface area contributed by atoms with Gasteiger partial charge in [0.05, 0.1) is 0 Å². The van der Waals surface area contributed by atoms with Crippen LogP contribution in [0, 0.1) is 0 Å². The summed E-state index contributed by atoms with van der Waals surface area (Å²) in [4.78, 5) is 28.1. The fraction of sp³-hybridized carbons (Fsp3) is 0. The molecule has 0 saturated carbocycles. The third kappa shape index (κ3) is 3.47. The second-order valence-corrected chi connectivity index (χ2v) is 12.4. The Bertz CT molecular complexity index is 2630. The summed E-state index contributed by atoms with van der Waals surface area (Å²) in [6.45, 7) is 0. The second-order valence-electron chi connectivity index (χ2n) is 12.4. The first-order valence-electron chi connectivity index (χ1n) is 15.6. The second kappa shape index (κ2) is 9.20. The molecule has 0 unspecified atom stereocenters. The molecule has 0 bridgehead atoms. The van der Waals surface area contributed by atoms with Gasteiger partial charge in [0.15, 0.2) is 11.6 Å². The highest BCUT2D eigenvalue weighted by Gasteiger charge is 2.31. The lowest BCUT2D eigenvalue weighted by Crippen LogP contribution is -2.15. The van der Waals surface area contributed by atoms with Crippen LogP contribution < -0.4 is 0 Å². The predicted octanol–water partition coefficient (Wildman–Crippen LogP) is 10.7. The van der Waals surface area contributed by atoms with Gasteiger partial charge in [0, 0.05) is 22.3 Å². The minimum atomic E-state index is -0.146. The molecule has 0 saturated heterocycles. The molecule has 2 aliphatic carbocycles. The average molecular weight is 585 g/mol. The first kappa shape index (κ1) is 25.2. The Labute approximate surface area is 264 Å². The van der Waals surface area contributed by atoms with Crippen molar-refractivity contribution in [2.75, 3.05) is 0 Å². The van der Waals surface area contributed by atoms with Crippen molar-refractivity contribution in [1.29, 1.82) is 0 Å². The van der Waals surface area contributed by atoms with Gasteiger partial charge >= 0.3 is 0 Å². The summed E-state index contributed by atoms with van der Waals surface area (Å²) in [7, 11) is 0. The molecule has 2 heteroatoms. The van der Waals surface area contributed by atoms with E-state index >= 15 is 0 Å². The van der Waals surface area contributed by atoms with Crippen molar-refractivity contribution in [2.45, 2.75) is 0 Å². The van der Waals surface area contributed by atoms with Crippen LogP contribution in [-0.2, 0) is 9.59 Å². The average Bonchev–Trinajstić information content (AvgIpc) is 3.10. The van der Waals surface area contributed by atoms with Crippen LogP contribution in [0.2, 0.25) is 0 Å². The molecule has 0 heterocycles. The summed E-state index contributed by atoms with van der Waals surface area (Å²) in [5, 5.41) is 13.4. The van der Waals surface area contributed by atoms with Crippen LogP contribution >= 0.6 is 0 Å². The molecule has 0 N–H and O–H groups in total. The first-order valence-corrected chi connectivity index (χ1v) is 15.6. The van der Waals surface area contributed by atoms with Gasteiger partial charge in [-0.2, -0.15) is 0 Å². The molecule has 2 aliphatic rings. The molecule has 0 amide bonds. The minimum Gasteiger partial charge on any atom is -0.289 e. The third-order valence-corrected chi connectivity index (χ3v) is 9.90. The molecular formula is C44H24O2. The van der Waals surface area contributed by atoms with Gasteiger partial charge in [-0.25, -0.2) is 0 Å². The number of carbonyl (C=O) groups excluding carboxylic acids is 2. The summed E-state index contributed by atoms with van der Waals surface area (Å²) >= 11 is 0. The molecule has 8 aromatic rings. The Balaban J connectivity index is 1.31. The SMILES string of the molecule is O=C1C=Cc2ccc3cc4c(ccc5ccccc54)cc3c2/C1=C1\C(=O)C=Cc2ccc3cc4c(ccc5ccccc54)cc3c21. The van der Waals surface area contributed by atoms with E-state index in [9.17, 15) is 9.59 Å². The van der Waals surface area contributed by atoms with Crippen LogP contribution in [0.25, 0.3) is 87.9 Å². The fourth-order valence-corrected chi connectivity index (χ4v) is 7.76. The van der Waals surface area contributed by atoms with Gasteiger partial charge in [0.25, 0.3) is 0 Å². The van der Waals surface area contributed by atoms with E-state index < -0.39 is 0 Å². The molecule has 0 spiro atoms. The molecule has 212 valence electrons. The van der Waals surface area contributed by atoms with Gasteiger partial charge in [0.1, 0.15) is 0 Å². The monoisotopic (exact) mass is 584 g/mol. The predicted molar refractivity (Wildman–Crippen MR) is 193 cm³/mol. The van der Waals surface area contributed by atoms with Crippen LogP contribution in [0.3, 0.4) is 0 Å². The van der Waals surface area contributed by atoms with E-state index in [1.54, 1.807) is 12.2 Å². The van der Waals surface area contributed by atoms with Crippen LogP contribution in [-0.4, -0.2) is 11.6 Å². The van der Waals surface area contributed by atoms with Crippen molar-refractivity contribution >= 4 is 99.5 Å². The number of hydrogen-bond donors (Lipinski definition) is 0. The van der Waals surface area contributed by atoms with Gasteiger partial charge in [0.2, 0.25) is 0 Å². The normalized spacial score (nSPS) is 15.9. The Morgan fingerprint density at radius 2 is 0.674 bits per heavy atom. The maximum Gasteiger partial charge on any atom is 0.187 e. The highest BCUT2D eigenvalue weighted by atomic mass is 16.1. The molecule has 0 aromatic heterocycles. The van der Waals surface area contributed by atoms with E-state index in [0.29, 0.717) is 11.1 Å². The minimum absolute atomic E-state index is 0.146. The standard InChI is InChI=1S/C44H24O2/c45-39-19-17-27-11-15-31-21-35-29(13-9-25-5-1-3-7-33(25)35)23-37(31)41(27)43(39)44-40(46)20-18-28-12-16-32-22-36-30(24-38(32)42(28)44)14-10-26-6-2-4-8-34(26)36/h1-24H/b44-43+. The quantitative estimate of drug-likeness (QED) is 0.101. The molecular weight excluding hydrogens is 560 g/mol. The molecule has 10 rings (SSSR count). The first-order chi connectivity index (χ1) is 22.6. The molecule has 8 aromatic carbocycles. The number of allylic oxidation sites excluding steroid dienone is 4. The van der Waals surface area contributed by atoms with Gasteiger partial charge in [-0.1, -0.05) is 109 Å². The van der Waals surface area contributed by atoms with Crippen LogP contribution in [0.1, 0.15) is 22.3 Å². The summed E-state index contributed by atoms with van der Waals surface area (Å²) in [5.41, 5.74) is 4.49. The van der Waals surface area contributed by atoms with Gasteiger partial charge < -0.3 is 0 Å². The Kier molecular flexibility index (Phi) is 5.05. The van der Waals surface area contributed by atoms with E-state index in [4.69, 9.17) is 0 Å². The summed E-state index contributed by atoms with van der Waals surface area (Å²) < 4.78 is 0. The smallest absolute Gasteiger partial charge is 0.187 e. The zero-order chi connectivity index (χ0) is 30.5. The maximum atomic E-state index is 14.1. The Morgan fingerprint density at radius 3 is 1.15 bits per heavy atom. The van der Waals surface area contributed by atoms with Crippen molar-refractivity contribution < 1.29 is 9.59 Å². The van der Waals surface area contributed by atoms with Crippen LogP contribution in [0.5, 0.6) is 0 Å². The maximum absolute atomic E-state index is 14.1. The zero-order valence-corrected chi connectivity index (χ0v) is 24.7. The number of hydrogen-bond acceptors (Lipinski definition) is 2. The van der Waals surface area contributed by atoms with Gasteiger partial charge in [-0.15, -0.1) is 0 Å². The van der Waals surface area contributed by atoms with E-state index in [0.717, 1.165) is 54.6 Å². The number of ketones is 2. The number of carbonyl (C=O) groups is 2. The lowest BCUT2D eigenvalue weighted by atomic mass is 9.77. The van der Waals surface area contributed by atoms with E-state index in [-0.39, 0.29) is 11.6 Å². The number of fused-ring (bicyclic) bond motifs is 12. The number of benzene rings is 8. The fourth-order valence-electron chi connectivity index (χ4n) is 7.76. The lowest BCUT2D eigenvalue weighted by Gasteiger charge is -2.24. The molecule has 0 radical (unpaired) electrons. The van der Waals surface area contributed by atoms with Crippen molar-refractivity contribution in [1.82, 2.24) is 0 Å². The highest BCUT2D eigenvalue weighted by Crippen LogP contribution is 2.45. The van der Waals surface area contributed by atoms with Gasteiger partial charge in [-0.05, 0) is 112 Å². The molecule has 0 atom stereocenters. The molecule has 0 aliphatic heterocycles. The van der Waals surface area contributed by atoms with E-state index in [2.05, 4.69) is 121 Å². The van der Waals surface area contributed by atoms with Crippen LogP contribution in [0.15, 0.2) is 133 Å². The topological polar surface area (TPSA) is 34.1 Å². The lowest BCUT2D eigenvalue weighted by molar-refractivity contribution is -0.111. The molecule has 2 nitrogen and oxygen atoms in total. The van der Waals surface area contributed by atoms with Crippen molar-refractivity contribution in [2.24, 2.45) is 0 Å². The molecule has 46 heavy (non-hydrogen) atoms. The largest absolute Gasteiger partial charge is 0.289 e.